The first-order valence-electron chi connectivity index (χ1n) is 8.10. The summed E-state index contributed by atoms with van der Waals surface area (Å²) in [6.45, 7) is 16.0. The van der Waals surface area contributed by atoms with Gasteiger partial charge in [-0.3, -0.25) is 4.90 Å². The zero-order chi connectivity index (χ0) is 15.8. The Morgan fingerprint density at radius 3 is 2.19 bits per heavy atom. The van der Waals surface area contributed by atoms with Crippen molar-refractivity contribution in [1.29, 1.82) is 0 Å². The third-order valence-electron chi connectivity index (χ3n) is 4.99. The number of benzene rings is 1. The van der Waals surface area contributed by atoms with Gasteiger partial charge >= 0.3 is 0 Å². The Labute approximate surface area is 130 Å². The number of hydrogen-bond acceptors (Lipinski definition) is 2. The molecule has 2 nitrogen and oxygen atoms in total. The minimum atomic E-state index is 0.268. The van der Waals surface area contributed by atoms with Crippen LogP contribution in [-0.2, 0) is 6.54 Å². The summed E-state index contributed by atoms with van der Waals surface area (Å²) in [6.07, 6.45) is 1.25. The molecule has 2 heteroatoms. The molecule has 2 rings (SSSR count). The molecule has 118 valence electrons. The molecular formula is C19H31NO. The lowest BCUT2D eigenvalue weighted by Crippen LogP contribution is -2.38. The Kier molecular flexibility index (Phi) is 4.39. The molecule has 0 saturated carbocycles. The largest absolute Gasteiger partial charge is 0.508 e. The number of phenolic OH excluding ortho intramolecular Hbond substituents is 1. The molecule has 0 aromatic heterocycles. The Morgan fingerprint density at radius 1 is 1.05 bits per heavy atom. The molecule has 0 aliphatic carbocycles. The summed E-state index contributed by atoms with van der Waals surface area (Å²) < 4.78 is 0. The predicted molar refractivity (Wildman–Crippen MR) is 89.3 cm³/mol. The van der Waals surface area contributed by atoms with Gasteiger partial charge in [0.15, 0.2) is 0 Å². The minimum Gasteiger partial charge on any atom is -0.508 e. The van der Waals surface area contributed by atoms with E-state index in [2.05, 4.69) is 46.4 Å². The van der Waals surface area contributed by atoms with E-state index in [0.717, 1.165) is 18.7 Å². The molecule has 0 bridgehead atoms. The minimum absolute atomic E-state index is 0.268. The lowest BCUT2D eigenvalue weighted by Gasteiger charge is -2.35. The molecule has 1 aromatic rings. The van der Waals surface area contributed by atoms with Crippen molar-refractivity contribution in [2.24, 2.45) is 16.7 Å². The van der Waals surface area contributed by atoms with Crippen LogP contribution in [0.1, 0.15) is 53.5 Å². The smallest absolute Gasteiger partial charge is 0.120 e. The van der Waals surface area contributed by atoms with Gasteiger partial charge in [0.2, 0.25) is 0 Å². The van der Waals surface area contributed by atoms with Gasteiger partial charge in [-0.05, 0) is 29.2 Å². The molecule has 1 N–H and O–H groups in total. The zero-order valence-electron chi connectivity index (χ0n) is 14.5. The molecule has 1 heterocycles. The van der Waals surface area contributed by atoms with E-state index in [9.17, 15) is 5.11 Å². The normalized spacial score (nSPS) is 24.5. The van der Waals surface area contributed by atoms with Crippen LogP contribution in [0, 0.1) is 16.7 Å². The second-order valence-electron chi connectivity index (χ2n) is 8.74. The summed E-state index contributed by atoms with van der Waals surface area (Å²) in [5.74, 6) is 1.14. The van der Waals surface area contributed by atoms with Crippen molar-refractivity contribution >= 4 is 0 Å². The fraction of sp³-hybridized carbons (Fsp3) is 0.684. The van der Waals surface area contributed by atoms with E-state index in [1.165, 1.54) is 6.42 Å². The van der Waals surface area contributed by atoms with E-state index in [4.69, 9.17) is 0 Å². The quantitative estimate of drug-likeness (QED) is 0.855. The summed E-state index contributed by atoms with van der Waals surface area (Å²) in [7, 11) is 0. The van der Waals surface area contributed by atoms with Gasteiger partial charge in [0.1, 0.15) is 5.75 Å². The molecule has 1 aromatic carbocycles. The van der Waals surface area contributed by atoms with E-state index < -0.39 is 0 Å². The van der Waals surface area contributed by atoms with E-state index in [1.807, 2.05) is 18.2 Å². The monoisotopic (exact) mass is 289 g/mol. The second kappa shape index (κ2) is 5.64. The highest BCUT2D eigenvalue weighted by molar-refractivity contribution is 5.31. The van der Waals surface area contributed by atoms with Crippen LogP contribution in [0.25, 0.3) is 0 Å². The number of likely N-dealkylation sites (tertiary alicyclic amines) is 1. The number of phenols is 1. The van der Waals surface area contributed by atoms with Gasteiger partial charge < -0.3 is 5.11 Å². The highest BCUT2D eigenvalue weighted by Gasteiger charge is 2.42. The maximum atomic E-state index is 10.1. The van der Waals surface area contributed by atoms with Gasteiger partial charge in [-0.15, -0.1) is 0 Å². The van der Waals surface area contributed by atoms with Crippen LogP contribution in [0.15, 0.2) is 24.3 Å². The molecule has 1 saturated heterocycles. The number of nitrogens with zero attached hydrogens (tertiary/aromatic N) is 1. The highest BCUT2D eigenvalue weighted by Crippen LogP contribution is 2.43. The SMILES string of the molecule is CC(C)(C)C1CC(C(C)(C)C)N(Cc2ccccc2O)C1. The van der Waals surface area contributed by atoms with E-state index >= 15 is 0 Å². The molecule has 1 aliphatic rings. The molecule has 0 amide bonds. The number of para-hydroxylation sites is 1. The van der Waals surface area contributed by atoms with Crippen molar-refractivity contribution in [2.75, 3.05) is 6.54 Å². The Hall–Kier alpha value is -1.02. The topological polar surface area (TPSA) is 23.5 Å². The van der Waals surface area contributed by atoms with Crippen LogP contribution >= 0.6 is 0 Å². The zero-order valence-corrected chi connectivity index (χ0v) is 14.5. The summed E-state index contributed by atoms with van der Waals surface area (Å²) in [6, 6.07) is 8.31. The van der Waals surface area contributed by atoms with E-state index in [-0.39, 0.29) is 5.41 Å². The fourth-order valence-electron chi connectivity index (χ4n) is 3.47. The molecule has 2 unspecified atom stereocenters. The Bertz CT molecular complexity index is 481. The molecule has 2 atom stereocenters. The van der Waals surface area contributed by atoms with Gasteiger partial charge in [0, 0.05) is 24.7 Å². The summed E-state index contributed by atoms with van der Waals surface area (Å²) >= 11 is 0. The number of aromatic hydroxyl groups is 1. The maximum absolute atomic E-state index is 10.1. The predicted octanol–water partition coefficient (Wildman–Crippen LogP) is 4.67. The van der Waals surface area contributed by atoms with E-state index in [0.29, 0.717) is 23.1 Å². The summed E-state index contributed by atoms with van der Waals surface area (Å²) in [5, 5.41) is 10.1. The summed E-state index contributed by atoms with van der Waals surface area (Å²) in [4.78, 5) is 2.57. The van der Waals surface area contributed by atoms with Crippen LogP contribution in [0.2, 0.25) is 0 Å². The van der Waals surface area contributed by atoms with Crippen molar-refractivity contribution < 1.29 is 5.11 Å². The third kappa shape index (κ3) is 3.79. The van der Waals surface area contributed by atoms with Gasteiger partial charge in [0.25, 0.3) is 0 Å². The van der Waals surface area contributed by atoms with Crippen molar-refractivity contribution in [2.45, 2.75) is 60.5 Å². The van der Waals surface area contributed by atoms with Crippen LogP contribution in [0.5, 0.6) is 5.75 Å². The van der Waals surface area contributed by atoms with Gasteiger partial charge in [-0.1, -0.05) is 59.7 Å². The first kappa shape index (κ1) is 16.4. The van der Waals surface area contributed by atoms with Gasteiger partial charge in [-0.2, -0.15) is 0 Å². The first-order valence-corrected chi connectivity index (χ1v) is 8.10. The molecule has 1 fully saturated rings. The Balaban J connectivity index is 2.21. The molecular weight excluding hydrogens is 258 g/mol. The van der Waals surface area contributed by atoms with Crippen LogP contribution in [0.4, 0.5) is 0 Å². The van der Waals surface area contributed by atoms with Crippen LogP contribution in [0.3, 0.4) is 0 Å². The van der Waals surface area contributed by atoms with Crippen LogP contribution < -0.4 is 0 Å². The number of rotatable bonds is 2. The first-order chi connectivity index (χ1) is 9.59. The van der Waals surface area contributed by atoms with Crippen molar-refractivity contribution in [3.8, 4) is 5.75 Å². The van der Waals surface area contributed by atoms with Crippen molar-refractivity contribution in [3.63, 3.8) is 0 Å². The molecule has 0 radical (unpaired) electrons. The lowest BCUT2D eigenvalue weighted by atomic mass is 9.76. The standard InChI is InChI=1S/C19H31NO/c1-18(2,3)15-11-17(19(4,5)6)20(13-15)12-14-9-7-8-10-16(14)21/h7-10,15,17,21H,11-13H2,1-6H3. The highest BCUT2D eigenvalue weighted by atomic mass is 16.3. The average molecular weight is 289 g/mol. The second-order valence-corrected chi connectivity index (χ2v) is 8.74. The average Bonchev–Trinajstić information content (AvgIpc) is 2.75. The third-order valence-corrected chi connectivity index (χ3v) is 4.99. The lowest BCUT2D eigenvalue weighted by molar-refractivity contribution is 0.133. The Morgan fingerprint density at radius 2 is 1.67 bits per heavy atom. The van der Waals surface area contributed by atoms with Crippen LogP contribution in [-0.4, -0.2) is 22.6 Å². The van der Waals surface area contributed by atoms with Gasteiger partial charge in [-0.25, -0.2) is 0 Å². The van der Waals surface area contributed by atoms with Crippen molar-refractivity contribution in [3.05, 3.63) is 29.8 Å². The number of hydrogen-bond donors (Lipinski definition) is 1. The molecule has 21 heavy (non-hydrogen) atoms. The van der Waals surface area contributed by atoms with Gasteiger partial charge in [0.05, 0.1) is 0 Å². The van der Waals surface area contributed by atoms with Crippen molar-refractivity contribution in [1.82, 2.24) is 4.90 Å². The fourth-order valence-corrected chi connectivity index (χ4v) is 3.47. The molecule has 0 spiro atoms. The summed E-state index contributed by atoms with van der Waals surface area (Å²) in [5.41, 5.74) is 1.66. The molecule has 1 aliphatic heterocycles. The maximum Gasteiger partial charge on any atom is 0.120 e. The van der Waals surface area contributed by atoms with E-state index in [1.54, 1.807) is 6.07 Å².